The molecule has 0 saturated carbocycles. The summed E-state index contributed by atoms with van der Waals surface area (Å²) in [5.41, 5.74) is 0. The summed E-state index contributed by atoms with van der Waals surface area (Å²) < 4.78 is 10.5. The predicted molar refractivity (Wildman–Crippen MR) is 40.8 cm³/mol. The van der Waals surface area contributed by atoms with Crippen LogP contribution in [0.3, 0.4) is 0 Å². The number of carboxylic acid groups (broad SMARTS) is 1. The molecule has 0 aliphatic heterocycles. The second kappa shape index (κ2) is 4.95. The van der Waals surface area contributed by atoms with Crippen molar-refractivity contribution in [2.24, 2.45) is 5.18 Å². The van der Waals surface area contributed by atoms with E-state index in [1.807, 2.05) is 0 Å². The highest BCUT2D eigenvalue weighted by Crippen LogP contribution is 1.98. The lowest BCUT2D eigenvalue weighted by Gasteiger charge is -1.99. The zero-order valence-electron chi connectivity index (χ0n) is 6.02. The zero-order chi connectivity index (χ0) is 8.85. The van der Waals surface area contributed by atoms with E-state index in [0.717, 1.165) is 0 Å². The van der Waals surface area contributed by atoms with Crippen molar-refractivity contribution in [2.75, 3.05) is 12.0 Å². The molecule has 0 spiro atoms. The second-order valence-electron chi connectivity index (χ2n) is 2.03. The molecule has 0 aromatic carbocycles. The van der Waals surface area contributed by atoms with Crippen LogP contribution in [0.15, 0.2) is 5.18 Å². The fraction of sp³-hybridized carbons (Fsp3) is 0.800. The quantitative estimate of drug-likeness (QED) is 0.601. The normalized spacial score (nSPS) is 15.4. The van der Waals surface area contributed by atoms with Crippen molar-refractivity contribution in [1.29, 1.82) is 0 Å². The maximum atomic E-state index is 10.5. The summed E-state index contributed by atoms with van der Waals surface area (Å²) in [7, 11) is -1.07. The Labute approximate surface area is 66.2 Å². The maximum Gasteiger partial charge on any atom is 0.332 e. The van der Waals surface area contributed by atoms with Gasteiger partial charge in [0.2, 0.25) is 0 Å². The Morgan fingerprint density at radius 3 is 2.55 bits per heavy atom. The summed E-state index contributed by atoms with van der Waals surface area (Å²) in [6.45, 7) is 0. The predicted octanol–water partition coefficient (Wildman–Crippen LogP) is -0.0254. The largest absolute Gasteiger partial charge is 0.480 e. The summed E-state index contributed by atoms with van der Waals surface area (Å²) in [6.07, 6.45) is 1.49. The molecule has 0 amide bonds. The number of hydrogen-bond donors (Lipinski definition) is 1. The highest BCUT2D eigenvalue weighted by molar-refractivity contribution is 7.84. The van der Waals surface area contributed by atoms with Crippen molar-refractivity contribution in [3.8, 4) is 0 Å². The molecule has 0 aliphatic carbocycles. The van der Waals surface area contributed by atoms with E-state index in [0.29, 0.717) is 0 Å². The van der Waals surface area contributed by atoms with Gasteiger partial charge in [0.1, 0.15) is 0 Å². The maximum absolute atomic E-state index is 10.5. The van der Waals surface area contributed by atoms with Gasteiger partial charge in [-0.3, -0.25) is 4.21 Å². The number of rotatable bonds is 5. The average Bonchev–Trinajstić information content (AvgIpc) is 1.87. The van der Waals surface area contributed by atoms with E-state index < -0.39 is 22.8 Å². The molecular weight excluding hydrogens is 170 g/mol. The second-order valence-corrected chi connectivity index (χ2v) is 3.58. The minimum atomic E-state index is -1.26. The van der Waals surface area contributed by atoms with E-state index in [4.69, 9.17) is 5.11 Å². The lowest BCUT2D eigenvalue weighted by molar-refractivity contribution is -0.138. The molecule has 0 fully saturated rings. The highest BCUT2D eigenvalue weighted by atomic mass is 32.2. The van der Waals surface area contributed by atoms with Crippen molar-refractivity contribution < 1.29 is 14.1 Å². The van der Waals surface area contributed by atoms with Crippen LogP contribution >= 0.6 is 0 Å². The monoisotopic (exact) mass is 179 g/mol. The number of nitrogens with zero attached hydrogens (tertiary/aromatic N) is 1. The summed E-state index contributed by atoms with van der Waals surface area (Å²) >= 11 is 0. The molecule has 0 aromatic heterocycles. The Balaban J connectivity index is 3.79. The minimum absolute atomic E-state index is 0.0436. The van der Waals surface area contributed by atoms with E-state index in [1.165, 1.54) is 6.26 Å². The first-order valence-electron chi connectivity index (χ1n) is 2.93. The van der Waals surface area contributed by atoms with Crippen LogP contribution in [0.4, 0.5) is 0 Å². The molecule has 64 valence electrons. The SMILES string of the molecule is CS(=O)CCC(N=O)C(=O)O. The van der Waals surface area contributed by atoms with Crippen LogP contribution in [0.2, 0.25) is 0 Å². The Hall–Kier alpha value is -0.780. The molecule has 0 aliphatic rings. The minimum Gasteiger partial charge on any atom is -0.480 e. The molecule has 6 heteroatoms. The van der Waals surface area contributed by atoms with Crippen LogP contribution in [0, 0.1) is 4.91 Å². The van der Waals surface area contributed by atoms with E-state index in [9.17, 15) is 13.9 Å². The molecule has 0 aromatic rings. The third-order valence-electron chi connectivity index (χ3n) is 1.09. The van der Waals surface area contributed by atoms with Crippen LogP contribution < -0.4 is 0 Å². The third-order valence-corrected chi connectivity index (χ3v) is 1.90. The Morgan fingerprint density at radius 2 is 2.27 bits per heavy atom. The van der Waals surface area contributed by atoms with Gasteiger partial charge in [0.05, 0.1) is 0 Å². The van der Waals surface area contributed by atoms with E-state index >= 15 is 0 Å². The lowest BCUT2D eigenvalue weighted by atomic mass is 10.2. The third kappa shape index (κ3) is 4.60. The summed E-state index contributed by atoms with van der Waals surface area (Å²) in [5.74, 6) is -1.06. The molecule has 1 N–H and O–H groups in total. The van der Waals surface area contributed by atoms with E-state index in [-0.39, 0.29) is 12.2 Å². The Morgan fingerprint density at radius 1 is 1.73 bits per heavy atom. The Bertz CT molecular complexity index is 181. The van der Waals surface area contributed by atoms with Gasteiger partial charge in [-0.25, -0.2) is 4.79 Å². The molecule has 5 nitrogen and oxygen atoms in total. The molecule has 0 bridgehead atoms. The van der Waals surface area contributed by atoms with Gasteiger partial charge in [-0.1, -0.05) is 5.18 Å². The van der Waals surface area contributed by atoms with E-state index in [2.05, 4.69) is 5.18 Å². The fourth-order valence-corrected chi connectivity index (χ4v) is 1.05. The summed E-state index contributed by atoms with van der Waals surface area (Å²) in [4.78, 5) is 20.0. The molecule has 0 saturated heterocycles. The standard InChI is InChI=1S/C5H9NO4S/c1-11(10)3-2-4(6-9)5(7)8/h4H,2-3H2,1H3,(H,7,8). The highest BCUT2D eigenvalue weighted by Gasteiger charge is 2.17. The summed E-state index contributed by atoms with van der Waals surface area (Å²) in [5, 5.41) is 10.7. The molecule has 0 radical (unpaired) electrons. The first-order valence-corrected chi connectivity index (χ1v) is 4.66. The number of carbonyl (C=O) groups is 1. The van der Waals surface area contributed by atoms with Crippen molar-refractivity contribution in [3.63, 3.8) is 0 Å². The number of aliphatic carboxylic acids is 1. The Kier molecular flexibility index (Phi) is 4.60. The molecule has 0 heterocycles. The van der Waals surface area contributed by atoms with Crippen molar-refractivity contribution in [2.45, 2.75) is 12.5 Å². The van der Waals surface area contributed by atoms with Crippen LogP contribution in [-0.4, -0.2) is 33.3 Å². The van der Waals surface area contributed by atoms with Crippen LogP contribution in [0.25, 0.3) is 0 Å². The van der Waals surface area contributed by atoms with Gasteiger partial charge in [-0.05, 0) is 6.42 Å². The average molecular weight is 179 g/mol. The molecular formula is C5H9NO4S. The van der Waals surface area contributed by atoms with Gasteiger partial charge in [-0.15, -0.1) is 4.91 Å². The zero-order valence-corrected chi connectivity index (χ0v) is 6.84. The van der Waals surface area contributed by atoms with Gasteiger partial charge in [0, 0.05) is 22.8 Å². The van der Waals surface area contributed by atoms with Crippen LogP contribution in [0.5, 0.6) is 0 Å². The number of carboxylic acids is 1. The molecule has 2 atom stereocenters. The van der Waals surface area contributed by atoms with Crippen molar-refractivity contribution in [1.82, 2.24) is 0 Å². The van der Waals surface area contributed by atoms with E-state index in [1.54, 1.807) is 0 Å². The number of hydrogen-bond acceptors (Lipinski definition) is 4. The van der Waals surface area contributed by atoms with Gasteiger partial charge in [0.25, 0.3) is 0 Å². The topological polar surface area (TPSA) is 83.8 Å². The van der Waals surface area contributed by atoms with Gasteiger partial charge in [0.15, 0.2) is 6.04 Å². The van der Waals surface area contributed by atoms with Crippen LogP contribution in [0.1, 0.15) is 6.42 Å². The first-order chi connectivity index (χ1) is 5.07. The van der Waals surface area contributed by atoms with Gasteiger partial charge >= 0.3 is 5.97 Å². The molecule has 11 heavy (non-hydrogen) atoms. The molecule has 2 unspecified atom stereocenters. The van der Waals surface area contributed by atoms with Crippen LogP contribution in [-0.2, 0) is 15.6 Å². The van der Waals surface area contributed by atoms with Gasteiger partial charge in [-0.2, -0.15) is 0 Å². The smallest absolute Gasteiger partial charge is 0.332 e. The molecule has 0 rings (SSSR count). The first kappa shape index (κ1) is 10.2. The lowest BCUT2D eigenvalue weighted by Crippen LogP contribution is -2.19. The van der Waals surface area contributed by atoms with Crippen molar-refractivity contribution in [3.05, 3.63) is 4.91 Å². The summed E-state index contributed by atoms with van der Waals surface area (Å²) in [6, 6.07) is -1.25. The fourth-order valence-electron chi connectivity index (χ4n) is 0.499. The number of nitroso groups, excluding NO2 is 1. The van der Waals surface area contributed by atoms with Crippen molar-refractivity contribution >= 4 is 16.8 Å². The van der Waals surface area contributed by atoms with Gasteiger partial charge < -0.3 is 5.11 Å².